The van der Waals surface area contributed by atoms with Crippen LogP contribution in [0, 0.1) is 11.7 Å². The van der Waals surface area contributed by atoms with Crippen LogP contribution in [0.3, 0.4) is 0 Å². The number of nitrogens with one attached hydrogen (secondary N) is 1. The van der Waals surface area contributed by atoms with Crippen LogP contribution in [-0.2, 0) is 16.0 Å². The molecule has 1 aromatic carbocycles. The molecule has 114 valence electrons. The minimum Gasteiger partial charge on any atom is -0.496 e. The van der Waals surface area contributed by atoms with Gasteiger partial charge in [-0.1, -0.05) is 6.42 Å². The van der Waals surface area contributed by atoms with Crippen molar-refractivity contribution >= 4 is 11.9 Å². The molecule has 1 amide bonds. The van der Waals surface area contributed by atoms with E-state index in [1.165, 1.54) is 25.3 Å². The van der Waals surface area contributed by atoms with Gasteiger partial charge in [-0.15, -0.1) is 0 Å². The van der Waals surface area contributed by atoms with Crippen molar-refractivity contribution in [1.29, 1.82) is 0 Å². The summed E-state index contributed by atoms with van der Waals surface area (Å²) in [5.41, 5.74) is 0.444. The van der Waals surface area contributed by atoms with Gasteiger partial charge in [0.15, 0.2) is 0 Å². The van der Waals surface area contributed by atoms with E-state index in [4.69, 9.17) is 9.84 Å². The van der Waals surface area contributed by atoms with Gasteiger partial charge < -0.3 is 15.2 Å². The zero-order chi connectivity index (χ0) is 15.4. The van der Waals surface area contributed by atoms with E-state index in [-0.39, 0.29) is 18.4 Å². The number of amides is 1. The Labute approximate surface area is 122 Å². The molecule has 2 atom stereocenters. The number of ether oxygens (including phenoxy) is 1. The van der Waals surface area contributed by atoms with Crippen LogP contribution in [-0.4, -0.2) is 30.1 Å². The molecule has 0 heterocycles. The Hall–Kier alpha value is -2.11. The molecular formula is C15H18FNO4. The number of carboxylic acid groups (broad SMARTS) is 1. The zero-order valence-electron chi connectivity index (χ0n) is 11.8. The number of carboxylic acids is 1. The summed E-state index contributed by atoms with van der Waals surface area (Å²) in [6.07, 6.45) is 1.97. The molecule has 0 saturated heterocycles. The molecule has 2 rings (SSSR count). The minimum atomic E-state index is -0.888. The molecule has 1 fully saturated rings. The highest BCUT2D eigenvalue weighted by atomic mass is 19.1. The molecule has 1 aromatic rings. The number of rotatable bonds is 5. The number of aliphatic carboxylic acids is 1. The third-order valence-electron chi connectivity index (χ3n) is 3.77. The van der Waals surface area contributed by atoms with Gasteiger partial charge >= 0.3 is 5.97 Å². The number of methoxy groups -OCH3 is 1. The number of benzene rings is 1. The molecule has 0 aliphatic heterocycles. The van der Waals surface area contributed by atoms with Crippen molar-refractivity contribution in [2.24, 2.45) is 5.92 Å². The second-order valence-corrected chi connectivity index (χ2v) is 5.18. The highest BCUT2D eigenvalue weighted by molar-refractivity contribution is 5.81. The summed E-state index contributed by atoms with van der Waals surface area (Å²) in [7, 11) is 1.45. The molecule has 0 spiro atoms. The van der Waals surface area contributed by atoms with Crippen LogP contribution in [0.5, 0.6) is 5.75 Å². The Bertz CT molecular complexity index is 546. The predicted octanol–water partition coefficient (Wildman–Crippen LogP) is 1.75. The van der Waals surface area contributed by atoms with Gasteiger partial charge in [0, 0.05) is 11.6 Å². The lowest BCUT2D eigenvalue weighted by atomic mass is 10.0. The molecular weight excluding hydrogens is 277 g/mol. The van der Waals surface area contributed by atoms with E-state index in [0.29, 0.717) is 24.2 Å². The molecule has 5 nitrogen and oxygen atoms in total. The summed E-state index contributed by atoms with van der Waals surface area (Å²) in [5, 5.41) is 11.8. The highest BCUT2D eigenvalue weighted by Gasteiger charge is 2.33. The lowest BCUT2D eigenvalue weighted by molar-refractivity contribution is -0.142. The van der Waals surface area contributed by atoms with Crippen LogP contribution < -0.4 is 10.1 Å². The van der Waals surface area contributed by atoms with Crippen molar-refractivity contribution in [3.63, 3.8) is 0 Å². The molecule has 1 aliphatic rings. The van der Waals surface area contributed by atoms with Gasteiger partial charge in [0.2, 0.25) is 5.91 Å². The number of halogens is 1. The number of carbonyl (C=O) groups is 2. The first kappa shape index (κ1) is 15.3. The molecule has 1 saturated carbocycles. The van der Waals surface area contributed by atoms with Crippen molar-refractivity contribution < 1.29 is 23.8 Å². The molecule has 1 aliphatic carbocycles. The topological polar surface area (TPSA) is 75.6 Å². The van der Waals surface area contributed by atoms with Crippen LogP contribution in [0.15, 0.2) is 18.2 Å². The number of carbonyl (C=O) groups excluding carboxylic acids is 1. The lowest BCUT2D eigenvalue weighted by Crippen LogP contribution is -2.40. The Kier molecular flexibility index (Phi) is 4.77. The maximum absolute atomic E-state index is 13.2. The summed E-state index contributed by atoms with van der Waals surface area (Å²) in [5.74, 6) is -1.75. The first-order valence-corrected chi connectivity index (χ1v) is 6.86. The SMILES string of the molecule is COc1ccc(F)cc1CC(=O)N[C@@H]1CCC[C@@H]1C(=O)O. The second-order valence-electron chi connectivity index (χ2n) is 5.18. The molecule has 2 N–H and O–H groups in total. The average molecular weight is 295 g/mol. The van der Waals surface area contributed by atoms with Gasteiger partial charge in [-0.2, -0.15) is 0 Å². The monoisotopic (exact) mass is 295 g/mol. The second kappa shape index (κ2) is 6.56. The lowest BCUT2D eigenvalue weighted by Gasteiger charge is -2.18. The summed E-state index contributed by atoms with van der Waals surface area (Å²) < 4.78 is 18.3. The van der Waals surface area contributed by atoms with Gasteiger partial charge in [-0.05, 0) is 31.0 Å². The first-order chi connectivity index (χ1) is 10.0. The Balaban J connectivity index is 2.02. The Morgan fingerprint density at radius 3 is 2.86 bits per heavy atom. The summed E-state index contributed by atoms with van der Waals surface area (Å²) >= 11 is 0. The number of hydrogen-bond acceptors (Lipinski definition) is 3. The van der Waals surface area contributed by atoms with Crippen molar-refractivity contribution in [3.8, 4) is 5.75 Å². The zero-order valence-corrected chi connectivity index (χ0v) is 11.8. The Morgan fingerprint density at radius 1 is 1.43 bits per heavy atom. The molecule has 0 radical (unpaired) electrons. The van der Waals surface area contributed by atoms with Crippen LogP contribution in [0.4, 0.5) is 4.39 Å². The fraction of sp³-hybridized carbons (Fsp3) is 0.467. The molecule has 21 heavy (non-hydrogen) atoms. The smallest absolute Gasteiger partial charge is 0.308 e. The van der Waals surface area contributed by atoms with Crippen LogP contribution in [0.1, 0.15) is 24.8 Å². The third-order valence-corrected chi connectivity index (χ3v) is 3.77. The molecule has 0 aromatic heterocycles. The molecule has 6 heteroatoms. The van der Waals surface area contributed by atoms with Gasteiger partial charge in [0.05, 0.1) is 19.4 Å². The van der Waals surface area contributed by atoms with Gasteiger partial charge in [0.1, 0.15) is 11.6 Å². The quantitative estimate of drug-likeness (QED) is 0.867. The van der Waals surface area contributed by atoms with Crippen LogP contribution in [0.25, 0.3) is 0 Å². The summed E-state index contributed by atoms with van der Waals surface area (Å²) in [6, 6.07) is 3.63. The fourth-order valence-corrected chi connectivity index (χ4v) is 2.74. The standard InChI is InChI=1S/C15H18FNO4/c1-21-13-6-5-10(16)7-9(13)8-14(18)17-12-4-2-3-11(12)15(19)20/h5-7,11-12H,2-4,8H2,1H3,(H,17,18)(H,19,20)/t11-,12+/m0/s1. The van der Waals surface area contributed by atoms with E-state index in [0.717, 1.165) is 6.42 Å². The van der Waals surface area contributed by atoms with Gasteiger partial charge in [-0.25, -0.2) is 4.39 Å². The average Bonchev–Trinajstić information content (AvgIpc) is 2.87. The van der Waals surface area contributed by atoms with E-state index >= 15 is 0 Å². The van der Waals surface area contributed by atoms with Crippen LogP contribution >= 0.6 is 0 Å². The van der Waals surface area contributed by atoms with Crippen LogP contribution in [0.2, 0.25) is 0 Å². The van der Waals surface area contributed by atoms with E-state index in [2.05, 4.69) is 5.32 Å². The highest BCUT2D eigenvalue weighted by Crippen LogP contribution is 2.26. The van der Waals surface area contributed by atoms with Crippen molar-refractivity contribution in [3.05, 3.63) is 29.6 Å². The maximum Gasteiger partial charge on any atom is 0.308 e. The first-order valence-electron chi connectivity index (χ1n) is 6.86. The number of hydrogen-bond donors (Lipinski definition) is 2. The molecule has 0 unspecified atom stereocenters. The molecule has 0 bridgehead atoms. The maximum atomic E-state index is 13.2. The normalized spacial score (nSPS) is 21.0. The Morgan fingerprint density at radius 2 is 2.19 bits per heavy atom. The van der Waals surface area contributed by atoms with E-state index in [1.54, 1.807) is 0 Å². The minimum absolute atomic E-state index is 0.0379. The predicted molar refractivity (Wildman–Crippen MR) is 73.6 cm³/mol. The van der Waals surface area contributed by atoms with Crippen molar-refractivity contribution in [1.82, 2.24) is 5.32 Å². The van der Waals surface area contributed by atoms with E-state index in [1.807, 2.05) is 0 Å². The van der Waals surface area contributed by atoms with E-state index < -0.39 is 17.7 Å². The third kappa shape index (κ3) is 3.71. The summed E-state index contributed by atoms with van der Waals surface area (Å²) in [6.45, 7) is 0. The van der Waals surface area contributed by atoms with Gasteiger partial charge in [0.25, 0.3) is 0 Å². The fourth-order valence-electron chi connectivity index (χ4n) is 2.74. The largest absolute Gasteiger partial charge is 0.496 e. The van der Waals surface area contributed by atoms with Crippen molar-refractivity contribution in [2.75, 3.05) is 7.11 Å². The summed E-state index contributed by atoms with van der Waals surface area (Å²) in [4.78, 5) is 23.1. The van der Waals surface area contributed by atoms with E-state index in [9.17, 15) is 14.0 Å². The van der Waals surface area contributed by atoms with Crippen molar-refractivity contribution in [2.45, 2.75) is 31.7 Å². The van der Waals surface area contributed by atoms with Gasteiger partial charge in [-0.3, -0.25) is 9.59 Å².